The Morgan fingerprint density at radius 1 is 0.939 bits per heavy atom. The molecule has 33 heavy (non-hydrogen) atoms. The van der Waals surface area contributed by atoms with Crippen molar-refractivity contribution in [2.75, 3.05) is 20.8 Å². The zero-order valence-electron chi connectivity index (χ0n) is 18.3. The average Bonchev–Trinajstić information content (AvgIpc) is 2.84. The van der Waals surface area contributed by atoms with Gasteiger partial charge in [-0.15, -0.1) is 0 Å². The third-order valence-corrected chi connectivity index (χ3v) is 6.50. The third kappa shape index (κ3) is 6.41. The SMILES string of the molecule is COc1ccc(S(=O)(=O)N(CC(=O)N/N=C\c2ccccc2)Cc2ccccc2)cc1OC. The average molecular weight is 468 g/mol. The summed E-state index contributed by atoms with van der Waals surface area (Å²) >= 11 is 0. The summed E-state index contributed by atoms with van der Waals surface area (Å²) < 4.78 is 38.4. The van der Waals surface area contributed by atoms with Crippen molar-refractivity contribution in [1.29, 1.82) is 0 Å². The zero-order valence-corrected chi connectivity index (χ0v) is 19.2. The van der Waals surface area contributed by atoms with Crippen molar-refractivity contribution in [3.05, 3.63) is 90.0 Å². The van der Waals surface area contributed by atoms with Crippen molar-refractivity contribution < 1.29 is 22.7 Å². The molecule has 172 valence electrons. The molecular formula is C24H25N3O5S. The maximum absolute atomic E-state index is 13.4. The van der Waals surface area contributed by atoms with Crippen LogP contribution in [0.3, 0.4) is 0 Å². The Morgan fingerprint density at radius 2 is 1.58 bits per heavy atom. The number of carbonyl (C=O) groups is 1. The molecule has 0 aliphatic rings. The lowest BCUT2D eigenvalue weighted by Crippen LogP contribution is -2.39. The number of benzene rings is 3. The number of rotatable bonds is 10. The molecule has 0 bridgehead atoms. The zero-order chi connectivity index (χ0) is 23.7. The van der Waals surface area contributed by atoms with Gasteiger partial charge in [0.05, 0.1) is 31.9 Å². The molecule has 0 aliphatic carbocycles. The lowest BCUT2D eigenvalue weighted by atomic mass is 10.2. The van der Waals surface area contributed by atoms with E-state index in [4.69, 9.17) is 9.47 Å². The number of carbonyl (C=O) groups excluding carboxylic acids is 1. The highest BCUT2D eigenvalue weighted by Crippen LogP contribution is 2.31. The predicted molar refractivity (Wildman–Crippen MR) is 126 cm³/mol. The predicted octanol–water partition coefficient (Wildman–Crippen LogP) is 3.05. The van der Waals surface area contributed by atoms with Gasteiger partial charge in [0.15, 0.2) is 11.5 Å². The highest BCUT2D eigenvalue weighted by molar-refractivity contribution is 7.89. The van der Waals surface area contributed by atoms with Crippen molar-refractivity contribution in [2.24, 2.45) is 5.10 Å². The van der Waals surface area contributed by atoms with Gasteiger partial charge in [-0.2, -0.15) is 9.41 Å². The Balaban J connectivity index is 1.84. The van der Waals surface area contributed by atoms with Crippen molar-refractivity contribution in [3.8, 4) is 11.5 Å². The molecule has 1 N–H and O–H groups in total. The van der Waals surface area contributed by atoms with E-state index in [0.29, 0.717) is 5.75 Å². The van der Waals surface area contributed by atoms with Crippen LogP contribution in [0.1, 0.15) is 11.1 Å². The summed E-state index contributed by atoms with van der Waals surface area (Å²) in [6, 6.07) is 22.6. The summed E-state index contributed by atoms with van der Waals surface area (Å²) in [6.45, 7) is -0.412. The minimum atomic E-state index is -4.04. The van der Waals surface area contributed by atoms with Gasteiger partial charge in [0.1, 0.15) is 0 Å². The number of sulfonamides is 1. The lowest BCUT2D eigenvalue weighted by molar-refractivity contribution is -0.121. The number of hydrogen-bond donors (Lipinski definition) is 1. The molecule has 0 atom stereocenters. The van der Waals surface area contributed by atoms with Gasteiger partial charge in [-0.3, -0.25) is 4.79 Å². The topological polar surface area (TPSA) is 97.3 Å². The second-order valence-corrected chi connectivity index (χ2v) is 8.92. The fraction of sp³-hybridized carbons (Fsp3) is 0.167. The van der Waals surface area contributed by atoms with E-state index < -0.39 is 22.5 Å². The van der Waals surface area contributed by atoms with Gasteiger partial charge in [-0.25, -0.2) is 13.8 Å². The quantitative estimate of drug-likeness (QED) is 0.365. The van der Waals surface area contributed by atoms with Crippen LogP contribution in [-0.2, 0) is 21.4 Å². The van der Waals surface area contributed by atoms with Gasteiger partial charge in [-0.05, 0) is 23.3 Å². The summed E-state index contributed by atoms with van der Waals surface area (Å²) in [6.07, 6.45) is 1.49. The molecule has 3 aromatic carbocycles. The molecule has 0 saturated carbocycles. The van der Waals surface area contributed by atoms with Gasteiger partial charge < -0.3 is 9.47 Å². The number of amides is 1. The van der Waals surface area contributed by atoms with Crippen LogP contribution in [0.15, 0.2) is 88.9 Å². The largest absolute Gasteiger partial charge is 0.493 e. The molecule has 0 aromatic heterocycles. The first-order chi connectivity index (χ1) is 15.9. The van der Waals surface area contributed by atoms with E-state index in [1.165, 1.54) is 38.6 Å². The summed E-state index contributed by atoms with van der Waals surface area (Å²) in [4.78, 5) is 12.5. The van der Waals surface area contributed by atoms with Crippen LogP contribution in [0.2, 0.25) is 0 Å². The molecule has 0 unspecified atom stereocenters. The van der Waals surface area contributed by atoms with Crippen molar-refractivity contribution in [1.82, 2.24) is 9.73 Å². The maximum Gasteiger partial charge on any atom is 0.255 e. The fourth-order valence-electron chi connectivity index (χ4n) is 3.05. The van der Waals surface area contributed by atoms with E-state index >= 15 is 0 Å². The van der Waals surface area contributed by atoms with Gasteiger partial charge in [0, 0.05) is 12.6 Å². The van der Waals surface area contributed by atoms with Crippen molar-refractivity contribution >= 4 is 22.1 Å². The first-order valence-corrected chi connectivity index (χ1v) is 11.5. The van der Waals surface area contributed by atoms with Gasteiger partial charge in [0.25, 0.3) is 5.91 Å². The Labute approximate surface area is 193 Å². The number of nitrogens with one attached hydrogen (secondary N) is 1. The second-order valence-electron chi connectivity index (χ2n) is 6.98. The van der Waals surface area contributed by atoms with Crippen LogP contribution < -0.4 is 14.9 Å². The van der Waals surface area contributed by atoms with Crippen LogP contribution in [0.4, 0.5) is 0 Å². The van der Waals surface area contributed by atoms with Crippen LogP contribution in [-0.4, -0.2) is 45.6 Å². The Hall–Kier alpha value is -3.69. The van der Waals surface area contributed by atoms with E-state index in [9.17, 15) is 13.2 Å². The Bertz CT molecular complexity index is 1200. The molecule has 0 aliphatic heterocycles. The number of hydrazone groups is 1. The molecule has 9 heteroatoms. The standard InChI is InChI=1S/C24H25N3O5S/c1-31-22-14-13-21(15-23(22)32-2)33(29,30)27(17-20-11-7-4-8-12-20)18-24(28)26-25-16-19-9-5-3-6-10-19/h3-16H,17-18H2,1-2H3,(H,26,28)/b25-16-. The normalized spacial score (nSPS) is 11.5. The van der Waals surface area contributed by atoms with Crippen LogP contribution in [0.25, 0.3) is 0 Å². The van der Waals surface area contributed by atoms with Gasteiger partial charge >= 0.3 is 0 Å². The summed E-state index contributed by atoms with van der Waals surface area (Å²) in [7, 11) is -1.15. The molecule has 0 radical (unpaired) electrons. The smallest absolute Gasteiger partial charge is 0.255 e. The van der Waals surface area contributed by atoms with Gasteiger partial charge in [-0.1, -0.05) is 60.7 Å². The summed E-state index contributed by atoms with van der Waals surface area (Å²) in [5.74, 6) is 0.108. The minimum Gasteiger partial charge on any atom is -0.493 e. The third-order valence-electron chi connectivity index (χ3n) is 4.72. The number of ether oxygens (including phenoxy) is 2. The Morgan fingerprint density at radius 3 is 2.21 bits per heavy atom. The lowest BCUT2D eigenvalue weighted by Gasteiger charge is -2.22. The minimum absolute atomic E-state index is 0.00728. The van der Waals surface area contributed by atoms with Crippen LogP contribution >= 0.6 is 0 Å². The summed E-state index contributed by atoms with van der Waals surface area (Å²) in [5, 5.41) is 3.92. The molecule has 0 saturated heterocycles. The van der Waals surface area contributed by atoms with Crippen LogP contribution in [0.5, 0.6) is 11.5 Å². The van der Waals surface area contributed by atoms with E-state index in [1.807, 2.05) is 36.4 Å². The van der Waals surface area contributed by atoms with Crippen LogP contribution in [0, 0.1) is 0 Å². The molecular weight excluding hydrogens is 442 g/mol. The number of hydrogen-bond acceptors (Lipinski definition) is 6. The van der Waals surface area contributed by atoms with E-state index in [1.54, 1.807) is 24.3 Å². The monoisotopic (exact) mass is 467 g/mol. The van der Waals surface area contributed by atoms with E-state index in [-0.39, 0.29) is 17.2 Å². The first-order valence-electron chi connectivity index (χ1n) is 10.1. The highest BCUT2D eigenvalue weighted by atomic mass is 32.2. The van der Waals surface area contributed by atoms with Crippen molar-refractivity contribution in [2.45, 2.75) is 11.4 Å². The van der Waals surface area contributed by atoms with E-state index in [2.05, 4.69) is 10.5 Å². The molecule has 8 nitrogen and oxygen atoms in total. The first kappa shape index (κ1) is 24.0. The second kappa shape index (κ2) is 11.3. The fourth-order valence-corrected chi connectivity index (χ4v) is 4.45. The molecule has 3 rings (SSSR count). The molecule has 0 spiro atoms. The maximum atomic E-state index is 13.4. The molecule has 1 amide bonds. The molecule has 0 fully saturated rings. The Kier molecular flexibility index (Phi) is 8.17. The molecule has 3 aromatic rings. The number of methoxy groups -OCH3 is 2. The number of nitrogens with zero attached hydrogens (tertiary/aromatic N) is 2. The van der Waals surface area contributed by atoms with Crippen molar-refractivity contribution in [3.63, 3.8) is 0 Å². The van der Waals surface area contributed by atoms with E-state index in [0.717, 1.165) is 15.4 Å². The van der Waals surface area contributed by atoms with Gasteiger partial charge in [0.2, 0.25) is 10.0 Å². The molecule has 0 heterocycles. The summed E-state index contributed by atoms with van der Waals surface area (Å²) in [5.41, 5.74) is 3.93. The highest BCUT2D eigenvalue weighted by Gasteiger charge is 2.28.